The summed E-state index contributed by atoms with van der Waals surface area (Å²) >= 11 is 1.18. The van der Waals surface area contributed by atoms with Crippen molar-refractivity contribution in [2.75, 3.05) is 7.11 Å². The summed E-state index contributed by atoms with van der Waals surface area (Å²) in [5.41, 5.74) is 1.39. The lowest BCUT2D eigenvalue weighted by atomic mass is 10.1. The smallest absolute Gasteiger partial charge is 0.347 e. The molecule has 0 fully saturated rings. The lowest BCUT2D eigenvalue weighted by Crippen LogP contribution is -1.99. The van der Waals surface area contributed by atoms with Crippen molar-refractivity contribution in [3.8, 4) is 10.6 Å². The Kier molecular flexibility index (Phi) is 3.68. The fourth-order valence-corrected chi connectivity index (χ4v) is 3.10. The summed E-state index contributed by atoms with van der Waals surface area (Å²) < 4.78 is 5.02. The zero-order valence-corrected chi connectivity index (χ0v) is 12.2. The minimum absolute atomic E-state index is 0.200. The maximum Gasteiger partial charge on any atom is 0.347 e. The number of carboxylic acids is 1. The number of aromatic carboxylic acids is 1. The van der Waals surface area contributed by atoms with E-state index in [-0.39, 0.29) is 11.5 Å². The molecule has 0 bridgehead atoms. The van der Waals surface area contributed by atoms with Gasteiger partial charge in [0.1, 0.15) is 9.88 Å². The SMILES string of the molecule is COCc1nc(-c2ccc3ccccc3c2)sc1C(=O)O. The van der Waals surface area contributed by atoms with E-state index >= 15 is 0 Å². The standard InChI is InChI=1S/C16H13NO3S/c1-20-9-13-14(16(18)19)21-15(17-13)12-7-6-10-4-2-3-5-11(10)8-12/h2-8H,9H2,1H3,(H,18,19). The van der Waals surface area contributed by atoms with E-state index in [2.05, 4.69) is 4.98 Å². The third kappa shape index (κ3) is 2.66. The molecular formula is C16H13NO3S. The number of nitrogens with zero attached hydrogens (tertiary/aromatic N) is 1. The Morgan fingerprint density at radius 2 is 2.00 bits per heavy atom. The van der Waals surface area contributed by atoms with Crippen molar-refractivity contribution in [3.63, 3.8) is 0 Å². The number of rotatable bonds is 4. The lowest BCUT2D eigenvalue weighted by Gasteiger charge is -2.00. The molecule has 106 valence electrons. The van der Waals surface area contributed by atoms with Crippen LogP contribution in [0.15, 0.2) is 42.5 Å². The first kappa shape index (κ1) is 13.7. The molecule has 0 aliphatic carbocycles. The maximum atomic E-state index is 11.3. The van der Waals surface area contributed by atoms with Crippen molar-refractivity contribution in [2.45, 2.75) is 6.61 Å². The highest BCUT2D eigenvalue weighted by Crippen LogP contribution is 2.30. The van der Waals surface area contributed by atoms with Gasteiger partial charge in [0.25, 0.3) is 0 Å². The van der Waals surface area contributed by atoms with Crippen molar-refractivity contribution < 1.29 is 14.6 Å². The van der Waals surface area contributed by atoms with Gasteiger partial charge in [-0.05, 0) is 16.8 Å². The molecule has 0 radical (unpaired) electrons. The van der Waals surface area contributed by atoms with Crippen molar-refractivity contribution in [1.29, 1.82) is 0 Å². The fraction of sp³-hybridized carbons (Fsp3) is 0.125. The molecule has 0 unspecified atom stereocenters. The normalized spacial score (nSPS) is 10.9. The third-order valence-corrected chi connectivity index (χ3v) is 4.30. The first-order valence-corrected chi connectivity index (χ1v) is 7.22. The molecule has 0 atom stereocenters. The van der Waals surface area contributed by atoms with Gasteiger partial charge in [-0.3, -0.25) is 0 Å². The number of aromatic nitrogens is 1. The Morgan fingerprint density at radius 3 is 2.71 bits per heavy atom. The highest BCUT2D eigenvalue weighted by Gasteiger charge is 2.18. The van der Waals surface area contributed by atoms with E-state index in [9.17, 15) is 9.90 Å². The molecule has 3 rings (SSSR count). The van der Waals surface area contributed by atoms with Gasteiger partial charge in [-0.2, -0.15) is 0 Å². The molecule has 0 aliphatic heterocycles. The Hall–Kier alpha value is -2.24. The van der Waals surface area contributed by atoms with Crippen LogP contribution < -0.4 is 0 Å². The number of methoxy groups -OCH3 is 1. The average molecular weight is 299 g/mol. The maximum absolute atomic E-state index is 11.3. The third-order valence-electron chi connectivity index (χ3n) is 3.17. The van der Waals surface area contributed by atoms with Crippen molar-refractivity contribution in [1.82, 2.24) is 4.98 Å². The van der Waals surface area contributed by atoms with Crippen molar-refractivity contribution >= 4 is 28.1 Å². The number of ether oxygens (including phenoxy) is 1. The van der Waals surface area contributed by atoms with E-state index < -0.39 is 5.97 Å². The topological polar surface area (TPSA) is 59.4 Å². The number of hydrogen-bond donors (Lipinski definition) is 1. The summed E-state index contributed by atoms with van der Waals surface area (Å²) in [6.45, 7) is 0.200. The molecule has 2 aromatic carbocycles. The molecule has 5 heteroatoms. The highest BCUT2D eigenvalue weighted by molar-refractivity contribution is 7.17. The van der Waals surface area contributed by atoms with Gasteiger partial charge in [0, 0.05) is 12.7 Å². The molecule has 3 aromatic rings. The summed E-state index contributed by atoms with van der Waals surface area (Å²) in [5.74, 6) is -0.966. The van der Waals surface area contributed by atoms with Crippen molar-refractivity contribution in [2.24, 2.45) is 0 Å². The molecular weight excluding hydrogens is 286 g/mol. The Morgan fingerprint density at radius 1 is 1.24 bits per heavy atom. The van der Waals surface area contributed by atoms with Gasteiger partial charge in [0.2, 0.25) is 0 Å². The Bertz CT molecular complexity index is 810. The molecule has 1 N–H and O–H groups in total. The second-order valence-corrected chi connectivity index (χ2v) is 5.59. The fourth-order valence-electron chi connectivity index (χ4n) is 2.20. The van der Waals surface area contributed by atoms with Crippen LogP contribution in [0.1, 0.15) is 15.4 Å². The van der Waals surface area contributed by atoms with Crippen LogP contribution in [-0.2, 0) is 11.3 Å². The Labute approximate surface area is 125 Å². The van der Waals surface area contributed by atoms with Gasteiger partial charge >= 0.3 is 5.97 Å². The zero-order valence-electron chi connectivity index (χ0n) is 11.4. The highest BCUT2D eigenvalue weighted by atomic mass is 32.1. The van der Waals surface area contributed by atoms with Crippen LogP contribution in [0.3, 0.4) is 0 Å². The van der Waals surface area contributed by atoms with Gasteiger partial charge in [0.05, 0.1) is 12.3 Å². The molecule has 1 heterocycles. The summed E-state index contributed by atoms with van der Waals surface area (Å²) in [4.78, 5) is 15.9. The van der Waals surface area contributed by atoms with Gasteiger partial charge in [-0.15, -0.1) is 11.3 Å². The summed E-state index contributed by atoms with van der Waals surface area (Å²) in [6, 6.07) is 14.0. The largest absolute Gasteiger partial charge is 0.477 e. The van der Waals surface area contributed by atoms with E-state index in [1.54, 1.807) is 0 Å². The minimum atomic E-state index is -0.966. The second kappa shape index (κ2) is 5.63. The predicted molar refractivity (Wildman–Crippen MR) is 82.7 cm³/mol. The lowest BCUT2D eigenvalue weighted by molar-refractivity contribution is 0.0697. The first-order chi connectivity index (χ1) is 10.2. The molecule has 0 amide bonds. The molecule has 0 spiro atoms. The van der Waals surface area contributed by atoms with Crippen LogP contribution in [0.4, 0.5) is 0 Å². The number of benzene rings is 2. The number of hydrogen-bond acceptors (Lipinski definition) is 4. The predicted octanol–water partition coefficient (Wildman–Crippen LogP) is 3.81. The molecule has 0 saturated carbocycles. The van der Waals surface area contributed by atoms with Crippen LogP contribution >= 0.6 is 11.3 Å². The Balaban J connectivity index is 2.09. The van der Waals surface area contributed by atoms with Gasteiger partial charge in [-0.1, -0.05) is 36.4 Å². The average Bonchev–Trinajstić information content (AvgIpc) is 2.91. The zero-order chi connectivity index (χ0) is 14.8. The minimum Gasteiger partial charge on any atom is -0.477 e. The first-order valence-electron chi connectivity index (χ1n) is 6.40. The molecule has 4 nitrogen and oxygen atoms in total. The second-order valence-electron chi connectivity index (χ2n) is 4.59. The van der Waals surface area contributed by atoms with Crippen molar-refractivity contribution in [3.05, 3.63) is 53.0 Å². The van der Waals surface area contributed by atoms with Gasteiger partial charge in [-0.25, -0.2) is 9.78 Å². The van der Waals surface area contributed by atoms with E-state index in [0.29, 0.717) is 10.7 Å². The monoisotopic (exact) mass is 299 g/mol. The number of carboxylic acid groups (broad SMARTS) is 1. The molecule has 21 heavy (non-hydrogen) atoms. The van der Waals surface area contributed by atoms with Crippen LogP contribution in [-0.4, -0.2) is 23.2 Å². The molecule has 0 saturated heterocycles. The van der Waals surface area contributed by atoms with Gasteiger partial charge in [0.15, 0.2) is 0 Å². The summed E-state index contributed by atoms with van der Waals surface area (Å²) in [6.07, 6.45) is 0. The van der Waals surface area contributed by atoms with E-state index in [1.807, 2.05) is 42.5 Å². The van der Waals surface area contributed by atoms with Crippen LogP contribution in [0.25, 0.3) is 21.3 Å². The summed E-state index contributed by atoms with van der Waals surface area (Å²) in [7, 11) is 1.53. The molecule has 1 aromatic heterocycles. The van der Waals surface area contributed by atoms with E-state index in [1.165, 1.54) is 18.4 Å². The summed E-state index contributed by atoms with van der Waals surface area (Å²) in [5, 5.41) is 12.2. The van der Waals surface area contributed by atoms with Crippen LogP contribution in [0.5, 0.6) is 0 Å². The number of carbonyl (C=O) groups is 1. The molecule has 0 aliphatic rings. The number of thiazole rings is 1. The number of fused-ring (bicyclic) bond motifs is 1. The van der Waals surface area contributed by atoms with E-state index in [4.69, 9.17) is 4.74 Å². The van der Waals surface area contributed by atoms with Gasteiger partial charge < -0.3 is 9.84 Å². The van der Waals surface area contributed by atoms with Crippen LogP contribution in [0, 0.1) is 0 Å². The van der Waals surface area contributed by atoms with E-state index in [0.717, 1.165) is 16.3 Å². The quantitative estimate of drug-likeness (QED) is 0.796. The van der Waals surface area contributed by atoms with Crippen LogP contribution in [0.2, 0.25) is 0 Å².